The van der Waals surface area contributed by atoms with Crippen LogP contribution in [0.4, 0.5) is 15.8 Å². The minimum absolute atomic E-state index is 0.0743. The fourth-order valence-corrected chi connectivity index (χ4v) is 3.21. The van der Waals surface area contributed by atoms with E-state index in [2.05, 4.69) is 20.7 Å². The first kappa shape index (κ1) is 15.4. The van der Waals surface area contributed by atoms with E-state index in [9.17, 15) is 22.9 Å². The quantitative estimate of drug-likeness (QED) is 0.656. The highest BCUT2D eigenvalue weighted by atomic mass is 79.9. The Hall–Kier alpha value is -2.00. The third-order valence-corrected chi connectivity index (χ3v) is 4.56. The van der Waals surface area contributed by atoms with Crippen LogP contribution in [0.3, 0.4) is 0 Å². The molecular formula is C12H8BrFN2O4S. The van der Waals surface area contributed by atoms with E-state index in [1.54, 1.807) is 0 Å². The highest BCUT2D eigenvalue weighted by Crippen LogP contribution is 2.27. The third-order valence-electron chi connectivity index (χ3n) is 2.52. The highest BCUT2D eigenvalue weighted by molar-refractivity contribution is 9.10. The summed E-state index contributed by atoms with van der Waals surface area (Å²) in [5.41, 5.74) is -0.451. The van der Waals surface area contributed by atoms with Gasteiger partial charge in [-0.25, -0.2) is 12.8 Å². The Morgan fingerprint density at radius 1 is 1.19 bits per heavy atom. The van der Waals surface area contributed by atoms with Gasteiger partial charge in [0.1, 0.15) is 5.82 Å². The molecule has 0 saturated heterocycles. The molecule has 0 radical (unpaired) electrons. The molecule has 110 valence electrons. The summed E-state index contributed by atoms with van der Waals surface area (Å²) in [7, 11) is -4.15. The zero-order chi connectivity index (χ0) is 15.6. The molecule has 2 aromatic carbocycles. The van der Waals surface area contributed by atoms with E-state index in [4.69, 9.17) is 0 Å². The van der Waals surface area contributed by atoms with Gasteiger partial charge in [0.05, 0.1) is 15.1 Å². The molecule has 0 spiro atoms. The van der Waals surface area contributed by atoms with Crippen molar-refractivity contribution < 1.29 is 17.7 Å². The molecule has 2 rings (SSSR count). The lowest BCUT2D eigenvalue weighted by atomic mass is 10.3. The lowest BCUT2D eigenvalue weighted by Crippen LogP contribution is -2.14. The second-order valence-corrected chi connectivity index (χ2v) is 6.46. The molecule has 0 amide bonds. The van der Waals surface area contributed by atoms with E-state index in [1.165, 1.54) is 24.3 Å². The maximum atomic E-state index is 13.1. The Bertz CT molecular complexity index is 811. The van der Waals surface area contributed by atoms with Gasteiger partial charge in [-0.05, 0) is 40.2 Å². The van der Waals surface area contributed by atoms with Crippen molar-refractivity contribution in [1.82, 2.24) is 0 Å². The molecule has 0 unspecified atom stereocenters. The summed E-state index contributed by atoms with van der Waals surface area (Å²) >= 11 is 2.93. The molecule has 2 aromatic rings. The van der Waals surface area contributed by atoms with Crippen LogP contribution in [0.5, 0.6) is 0 Å². The molecule has 0 atom stereocenters. The first-order valence-corrected chi connectivity index (χ1v) is 7.80. The van der Waals surface area contributed by atoms with Crippen LogP contribution in [0.1, 0.15) is 0 Å². The van der Waals surface area contributed by atoms with Crippen molar-refractivity contribution in [2.24, 2.45) is 0 Å². The Balaban J connectivity index is 2.43. The molecule has 0 heterocycles. The van der Waals surface area contributed by atoms with Gasteiger partial charge < -0.3 is 0 Å². The van der Waals surface area contributed by atoms with Gasteiger partial charge in [0.2, 0.25) is 0 Å². The Labute approximate surface area is 127 Å². The van der Waals surface area contributed by atoms with E-state index in [-0.39, 0.29) is 10.2 Å². The number of halogens is 2. The molecule has 0 aromatic heterocycles. The van der Waals surface area contributed by atoms with E-state index in [0.717, 1.165) is 18.2 Å². The number of hydrogen-bond acceptors (Lipinski definition) is 4. The number of rotatable bonds is 4. The fraction of sp³-hybridized carbons (Fsp3) is 0. The zero-order valence-corrected chi connectivity index (χ0v) is 12.7. The number of sulfonamides is 1. The Kier molecular flexibility index (Phi) is 4.24. The molecule has 1 N–H and O–H groups in total. The van der Waals surface area contributed by atoms with Crippen molar-refractivity contribution in [2.45, 2.75) is 4.90 Å². The van der Waals surface area contributed by atoms with Crippen LogP contribution in [0.15, 0.2) is 51.8 Å². The average Bonchev–Trinajstić information content (AvgIpc) is 2.42. The van der Waals surface area contributed by atoms with Gasteiger partial charge in [0.15, 0.2) is 4.90 Å². The molecule has 9 heteroatoms. The zero-order valence-electron chi connectivity index (χ0n) is 10.3. The van der Waals surface area contributed by atoms with Gasteiger partial charge in [0.25, 0.3) is 15.7 Å². The smallest absolute Gasteiger partial charge is 0.279 e. The van der Waals surface area contributed by atoms with Crippen LogP contribution >= 0.6 is 15.9 Å². The normalized spacial score (nSPS) is 11.1. The number of nitro groups is 1. The fourth-order valence-electron chi connectivity index (χ4n) is 1.60. The number of nitrogens with zero attached hydrogens (tertiary/aromatic N) is 1. The van der Waals surface area contributed by atoms with Crippen LogP contribution < -0.4 is 4.72 Å². The minimum Gasteiger partial charge on any atom is -0.279 e. The molecule has 0 saturated carbocycles. The predicted molar refractivity (Wildman–Crippen MR) is 78.0 cm³/mol. The molecular weight excluding hydrogens is 367 g/mol. The molecule has 0 aliphatic carbocycles. The van der Waals surface area contributed by atoms with Crippen LogP contribution in [-0.4, -0.2) is 13.3 Å². The summed E-state index contributed by atoms with van der Waals surface area (Å²) in [4.78, 5) is 9.63. The van der Waals surface area contributed by atoms with Gasteiger partial charge in [-0.3, -0.25) is 14.8 Å². The van der Waals surface area contributed by atoms with Crippen molar-refractivity contribution in [3.63, 3.8) is 0 Å². The first-order valence-electron chi connectivity index (χ1n) is 5.52. The van der Waals surface area contributed by atoms with E-state index < -0.39 is 31.3 Å². The summed E-state index contributed by atoms with van der Waals surface area (Å²) < 4.78 is 39.8. The van der Waals surface area contributed by atoms with E-state index >= 15 is 0 Å². The lowest BCUT2D eigenvalue weighted by Gasteiger charge is -2.09. The number of anilines is 1. The lowest BCUT2D eigenvalue weighted by molar-refractivity contribution is -0.387. The third kappa shape index (κ3) is 3.37. The summed E-state index contributed by atoms with van der Waals surface area (Å²) in [6, 6.07) is 8.47. The molecule has 0 aliphatic rings. The van der Waals surface area contributed by atoms with Gasteiger partial charge in [-0.1, -0.05) is 12.1 Å². The average molecular weight is 375 g/mol. The Morgan fingerprint density at radius 3 is 2.48 bits per heavy atom. The number of nitro benzene ring substituents is 1. The standard InChI is InChI=1S/C12H8BrFN2O4S/c13-9-7-8(5-6-10(9)14)15-21(19,20)12-4-2-1-3-11(12)16(17)18/h1-7,15H. The molecule has 0 aliphatic heterocycles. The van der Waals surface area contributed by atoms with E-state index in [1.807, 2.05) is 0 Å². The highest BCUT2D eigenvalue weighted by Gasteiger charge is 2.25. The number of hydrogen-bond donors (Lipinski definition) is 1. The second kappa shape index (κ2) is 5.78. The molecule has 0 fully saturated rings. The summed E-state index contributed by atoms with van der Waals surface area (Å²) in [6.07, 6.45) is 0. The van der Waals surface area contributed by atoms with E-state index in [0.29, 0.717) is 0 Å². The van der Waals surface area contributed by atoms with Crippen LogP contribution in [-0.2, 0) is 10.0 Å². The minimum atomic E-state index is -4.15. The van der Waals surface area contributed by atoms with Crippen molar-refractivity contribution in [3.8, 4) is 0 Å². The molecule has 0 bridgehead atoms. The van der Waals surface area contributed by atoms with Crippen molar-refractivity contribution >= 4 is 37.3 Å². The number of nitrogens with one attached hydrogen (secondary N) is 1. The molecule has 6 nitrogen and oxygen atoms in total. The SMILES string of the molecule is O=[N+]([O-])c1ccccc1S(=O)(=O)Nc1ccc(F)c(Br)c1. The van der Waals surface area contributed by atoms with Gasteiger partial charge in [0, 0.05) is 6.07 Å². The summed E-state index contributed by atoms with van der Waals surface area (Å²) in [6.45, 7) is 0. The molecule has 21 heavy (non-hydrogen) atoms. The maximum Gasteiger partial charge on any atom is 0.289 e. The maximum absolute atomic E-state index is 13.1. The van der Waals surface area contributed by atoms with Gasteiger partial charge in [-0.2, -0.15) is 0 Å². The van der Waals surface area contributed by atoms with Crippen molar-refractivity contribution in [3.05, 3.63) is 62.9 Å². The first-order chi connectivity index (χ1) is 9.81. The van der Waals surface area contributed by atoms with Crippen LogP contribution in [0.25, 0.3) is 0 Å². The van der Waals surface area contributed by atoms with Crippen LogP contribution in [0.2, 0.25) is 0 Å². The monoisotopic (exact) mass is 374 g/mol. The topological polar surface area (TPSA) is 89.3 Å². The number of benzene rings is 2. The summed E-state index contributed by atoms with van der Waals surface area (Å²) in [5, 5.41) is 10.9. The number of para-hydroxylation sites is 1. The largest absolute Gasteiger partial charge is 0.289 e. The van der Waals surface area contributed by atoms with Crippen molar-refractivity contribution in [1.29, 1.82) is 0 Å². The predicted octanol–water partition coefficient (Wildman–Crippen LogP) is 3.30. The Morgan fingerprint density at radius 2 is 1.86 bits per heavy atom. The summed E-state index contributed by atoms with van der Waals surface area (Å²) in [5.74, 6) is -0.552. The van der Waals surface area contributed by atoms with Crippen molar-refractivity contribution in [2.75, 3.05) is 4.72 Å². The second-order valence-electron chi connectivity index (χ2n) is 3.96. The van der Waals surface area contributed by atoms with Crippen LogP contribution in [0, 0.1) is 15.9 Å². The van der Waals surface area contributed by atoms with Gasteiger partial charge in [-0.15, -0.1) is 0 Å². The van der Waals surface area contributed by atoms with Gasteiger partial charge >= 0.3 is 0 Å².